The van der Waals surface area contributed by atoms with Crippen LogP contribution in [0.1, 0.15) is 37.8 Å². The van der Waals surface area contributed by atoms with E-state index in [4.69, 9.17) is 25.8 Å². The number of halogens is 1. The molecular weight excluding hydrogens is 597 g/mol. The molecule has 0 spiro atoms. The molecule has 0 bridgehead atoms. The predicted octanol–water partition coefficient (Wildman–Crippen LogP) is 3.39. The summed E-state index contributed by atoms with van der Waals surface area (Å²) in [5.41, 5.74) is 9.28. The second-order valence-electron chi connectivity index (χ2n) is 10.7. The molecule has 0 aliphatic carbocycles. The van der Waals surface area contributed by atoms with Crippen molar-refractivity contribution >= 4 is 46.1 Å². The number of benzene rings is 2. The Balaban J connectivity index is 0.00000113. The molecular formula is C31H38FN9O5. The molecule has 1 aliphatic heterocycles. The molecule has 0 unspecified atom stereocenters. The molecule has 4 aromatic rings. The Bertz CT molecular complexity index is 1680. The van der Waals surface area contributed by atoms with Gasteiger partial charge in [-0.05, 0) is 49.6 Å². The number of hydrogen-bond donors (Lipinski definition) is 6. The summed E-state index contributed by atoms with van der Waals surface area (Å²) in [6.45, 7) is 5.15. The lowest BCUT2D eigenvalue weighted by atomic mass is 10.0. The van der Waals surface area contributed by atoms with Crippen molar-refractivity contribution in [1.82, 2.24) is 30.0 Å². The van der Waals surface area contributed by atoms with Crippen LogP contribution in [0.3, 0.4) is 0 Å². The van der Waals surface area contributed by atoms with Crippen LogP contribution in [-0.2, 0) is 9.59 Å². The second kappa shape index (κ2) is 15.7. The number of aliphatic hydroxyl groups excluding tert-OH is 1. The van der Waals surface area contributed by atoms with Crippen molar-refractivity contribution in [3.63, 3.8) is 0 Å². The average molecular weight is 636 g/mol. The first kappa shape index (κ1) is 33.7. The Morgan fingerprint density at radius 1 is 1.07 bits per heavy atom. The van der Waals surface area contributed by atoms with Gasteiger partial charge in [0, 0.05) is 50.8 Å². The highest BCUT2D eigenvalue weighted by Gasteiger charge is 2.28. The molecule has 0 atom stereocenters. The molecule has 2 aromatic carbocycles. The Morgan fingerprint density at radius 3 is 2.48 bits per heavy atom. The minimum Gasteiger partial charge on any atom is -0.481 e. The quantitative estimate of drug-likeness (QED) is 0.148. The van der Waals surface area contributed by atoms with Crippen molar-refractivity contribution in [2.24, 2.45) is 0 Å². The molecule has 1 aliphatic rings. The van der Waals surface area contributed by atoms with Crippen LogP contribution in [0.25, 0.3) is 22.3 Å². The first-order chi connectivity index (χ1) is 22.1. The van der Waals surface area contributed by atoms with Gasteiger partial charge in [0.1, 0.15) is 23.7 Å². The fourth-order valence-corrected chi connectivity index (χ4v) is 5.14. The maximum Gasteiger partial charge on any atom is 0.323 e. The Kier molecular flexibility index (Phi) is 11.5. The van der Waals surface area contributed by atoms with Gasteiger partial charge in [-0.15, -0.1) is 0 Å². The zero-order chi connectivity index (χ0) is 33.2. The minimum atomic E-state index is -0.833. The van der Waals surface area contributed by atoms with Gasteiger partial charge in [-0.3, -0.25) is 9.59 Å². The van der Waals surface area contributed by atoms with Gasteiger partial charge in [0.05, 0.1) is 23.7 Å². The zero-order valence-electron chi connectivity index (χ0n) is 25.7. The maximum atomic E-state index is 15.2. The molecule has 3 heterocycles. The molecule has 7 N–H and O–H groups in total. The second-order valence-corrected chi connectivity index (χ2v) is 10.7. The summed E-state index contributed by atoms with van der Waals surface area (Å²) in [4.78, 5) is 44.5. The number of aryl methyl sites for hydroxylation is 1. The van der Waals surface area contributed by atoms with E-state index in [9.17, 15) is 9.59 Å². The number of carbonyl (C=O) groups is 3. The van der Waals surface area contributed by atoms with Crippen LogP contribution in [-0.4, -0.2) is 85.6 Å². The number of carbonyl (C=O) groups excluding carboxylic acids is 2. The van der Waals surface area contributed by atoms with Crippen LogP contribution in [0.2, 0.25) is 0 Å². The van der Waals surface area contributed by atoms with Gasteiger partial charge in [-0.1, -0.05) is 18.2 Å². The van der Waals surface area contributed by atoms with Gasteiger partial charge < -0.3 is 36.8 Å². The first-order valence-corrected chi connectivity index (χ1v) is 14.8. The number of nitrogens with two attached hydrogens (primary N) is 1. The van der Waals surface area contributed by atoms with Crippen molar-refractivity contribution in [1.29, 1.82) is 0 Å². The van der Waals surface area contributed by atoms with Crippen LogP contribution < -0.4 is 21.7 Å². The number of aromatic nitrogens is 4. The number of urea groups is 1. The number of fused-ring (bicyclic) bond motifs is 1. The summed E-state index contributed by atoms with van der Waals surface area (Å²) >= 11 is 0. The number of nitrogen functional groups attached to an aromatic ring is 1. The van der Waals surface area contributed by atoms with E-state index in [1.54, 1.807) is 16.8 Å². The van der Waals surface area contributed by atoms with E-state index >= 15 is 4.39 Å². The Labute approximate surface area is 264 Å². The number of aliphatic hydroxyl groups is 1. The Morgan fingerprint density at radius 2 is 1.80 bits per heavy atom. The van der Waals surface area contributed by atoms with Crippen molar-refractivity contribution in [3.05, 3.63) is 60.2 Å². The third-order valence-corrected chi connectivity index (χ3v) is 7.25. The highest BCUT2D eigenvalue weighted by molar-refractivity contribution is 6.01. The van der Waals surface area contributed by atoms with Crippen LogP contribution in [0.4, 0.5) is 26.4 Å². The molecule has 1 fully saturated rings. The molecule has 0 saturated carbocycles. The van der Waals surface area contributed by atoms with Crippen molar-refractivity contribution in [2.45, 2.75) is 39.2 Å². The lowest BCUT2D eigenvalue weighted by molar-refractivity contribution is -0.134. The molecule has 244 valence electrons. The average Bonchev–Trinajstić information content (AvgIpc) is 3.41. The predicted molar refractivity (Wildman–Crippen MR) is 172 cm³/mol. The van der Waals surface area contributed by atoms with Crippen LogP contribution in [0, 0.1) is 12.7 Å². The summed E-state index contributed by atoms with van der Waals surface area (Å²) in [7, 11) is 0. The van der Waals surface area contributed by atoms with Gasteiger partial charge in [0.25, 0.3) is 5.97 Å². The van der Waals surface area contributed by atoms with Gasteiger partial charge in [-0.2, -0.15) is 5.10 Å². The lowest BCUT2D eigenvalue weighted by Gasteiger charge is -2.32. The SMILES string of the molecule is CC(=O)O.Cc1cccc(NC(=O)Nc2ccc(-c3nn(C4CCN(C(=O)CCNCCO)CC4)c4ncnc(N)c34)cc2F)c1. The molecule has 46 heavy (non-hydrogen) atoms. The molecule has 2 aromatic heterocycles. The smallest absolute Gasteiger partial charge is 0.323 e. The van der Waals surface area contributed by atoms with Crippen LogP contribution in [0.15, 0.2) is 48.8 Å². The third-order valence-electron chi connectivity index (χ3n) is 7.25. The number of likely N-dealkylation sites (tertiary alicyclic amines) is 1. The number of amides is 3. The number of nitrogens with one attached hydrogen (secondary N) is 3. The van der Waals surface area contributed by atoms with E-state index < -0.39 is 17.8 Å². The molecule has 15 heteroatoms. The van der Waals surface area contributed by atoms with E-state index in [2.05, 4.69) is 25.9 Å². The largest absolute Gasteiger partial charge is 0.481 e. The van der Waals surface area contributed by atoms with Crippen molar-refractivity contribution in [2.75, 3.05) is 49.2 Å². The topological polar surface area (TPSA) is 201 Å². The number of carboxylic acid groups (broad SMARTS) is 1. The zero-order valence-corrected chi connectivity index (χ0v) is 25.7. The standard InChI is InChI=1S/C29H34FN9O3.C2H4O2/c1-18-3-2-4-20(15-18)35-29(42)36-23-6-5-19(16-22(23)30)26-25-27(31)33-17-34-28(25)39(37-26)21-8-12-38(13-9-21)24(41)7-10-32-11-14-40;1-2(3)4/h2-6,15-17,21,32,40H,7-14H2,1H3,(H2,31,33,34)(H2,35,36,42);1H3,(H,3,4). The number of aliphatic carboxylic acids is 1. The summed E-state index contributed by atoms with van der Waals surface area (Å²) in [5.74, 6) is -1.18. The fourth-order valence-electron chi connectivity index (χ4n) is 5.14. The number of nitrogens with zero attached hydrogens (tertiary/aromatic N) is 5. The number of piperidine rings is 1. The van der Waals surface area contributed by atoms with E-state index in [1.807, 2.05) is 30.0 Å². The highest BCUT2D eigenvalue weighted by atomic mass is 19.1. The number of rotatable bonds is 9. The Hall–Kier alpha value is -5.15. The van der Waals surface area contributed by atoms with E-state index in [-0.39, 0.29) is 30.1 Å². The number of hydrogen-bond acceptors (Lipinski definition) is 9. The van der Waals surface area contributed by atoms with E-state index in [1.165, 1.54) is 18.5 Å². The molecule has 14 nitrogen and oxygen atoms in total. The summed E-state index contributed by atoms with van der Waals surface area (Å²) in [5, 5.41) is 29.9. The highest BCUT2D eigenvalue weighted by Crippen LogP contribution is 2.35. The lowest BCUT2D eigenvalue weighted by Crippen LogP contribution is -2.40. The first-order valence-electron chi connectivity index (χ1n) is 14.8. The summed E-state index contributed by atoms with van der Waals surface area (Å²) in [6, 6.07) is 11.1. The van der Waals surface area contributed by atoms with Crippen molar-refractivity contribution in [3.8, 4) is 11.3 Å². The summed E-state index contributed by atoms with van der Waals surface area (Å²) in [6.07, 6.45) is 3.08. The minimum absolute atomic E-state index is 0.0143. The van der Waals surface area contributed by atoms with Gasteiger partial charge >= 0.3 is 6.03 Å². The van der Waals surface area contributed by atoms with Gasteiger partial charge in [0.15, 0.2) is 5.65 Å². The van der Waals surface area contributed by atoms with E-state index in [0.717, 1.165) is 12.5 Å². The maximum absolute atomic E-state index is 15.2. The fraction of sp³-hybridized carbons (Fsp3) is 0.355. The molecule has 5 rings (SSSR count). The molecule has 0 radical (unpaired) electrons. The van der Waals surface area contributed by atoms with Crippen LogP contribution in [0.5, 0.6) is 0 Å². The van der Waals surface area contributed by atoms with E-state index in [0.29, 0.717) is 73.4 Å². The third kappa shape index (κ3) is 8.73. The van der Waals surface area contributed by atoms with Gasteiger partial charge in [-0.25, -0.2) is 23.8 Å². The normalized spacial score (nSPS) is 13.2. The molecule has 3 amide bonds. The van der Waals surface area contributed by atoms with Crippen LogP contribution >= 0.6 is 0 Å². The monoisotopic (exact) mass is 635 g/mol. The molecule has 1 saturated heterocycles. The van der Waals surface area contributed by atoms with Crippen molar-refractivity contribution < 1.29 is 29.0 Å². The number of anilines is 3. The number of carboxylic acids is 1. The van der Waals surface area contributed by atoms with Gasteiger partial charge in [0.2, 0.25) is 5.91 Å². The summed E-state index contributed by atoms with van der Waals surface area (Å²) < 4.78 is 17.0.